The molecule has 2 aromatic carbocycles. The molecule has 0 aromatic heterocycles. The first-order valence-electron chi connectivity index (χ1n) is 6.78. The third-order valence-corrected chi connectivity index (χ3v) is 3.88. The Morgan fingerprint density at radius 3 is 2.38 bits per heavy atom. The maximum Gasteiger partial charge on any atom is 0.254 e. The molecule has 1 amide bonds. The molecular weight excluding hydrogens is 377 g/mol. The zero-order valence-corrected chi connectivity index (χ0v) is 14.1. The van der Waals surface area contributed by atoms with Gasteiger partial charge < -0.3 is 9.64 Å². The van der Waals surface area contributed by atoms with Crippen LogP contribution < -0.4 is 0 Å². The first kappa shape index (κ1) is 16.0. The number of benzene rings is 2. The Balaban J connectivity index is 2.14. The van der Waals surface area contributed by atoms with E-state index in [1.807, 2.05) is 59.5 Å². The molecule has 0 fully saturated rings. The van der Waals surface area contributed by atoms with E-state index >= 15 is 0 Å². The fourth-order valence-electron chi connectivity index (χ4n) is 2.03. The van der Waals surface area contributed by atoms with Crippen LogP contribution in [-0.4, -0.2) is 31.1 Å². The highest BCUT2D eigenvalue weighted by Gasteiger charge is 2.15. The molecule has 21 heavy (non-hydrogen) atoms. The van der Waals surface area contributed by atoms with Crippen molar-refractivity contribution in [2.24, 2.45) is 0 Å². The van der Waals surface area contributed by atoms with Gasteiger partial charge in [0, 0.05) is 29.3 Å². The lowest BCUT2D eigenvalue weighted by molar-refractivity contribution is 0.0680. The van der Waals surface area contributed by atoms with Gasteiger partial charge >= 0.3 is 0 Å². The maximum absolute atomic E-state index is 12.6. The van der Waals surface area contributed by atoms with Gasteiger partial charge in [-0.2, -0.15) is 0 Å². The van der Waals surface area contributed by atoms with Gasteiger partial charge in [-0.05, 0) is 52.4 Å². The number of methoxy groups -OCH3 is 1. The molecule has 0 saturated heterocycles. The zero-order valence-electron chi connectivity index (χ0n) is 12.0. The van der Waals surface area contributed by atoms with Gasteiger partial charge in [0.25, 0.3) is 5.91 Å². The molecule has 0 atom stereocenters. The lowest BCUT2D eigenvalue weighted by Gasteiger charge is -2.22. The van der Waals surface area contributed by atoms with Gasteiger partial charge in [0.05, 0.1) is 6.61 Å². The highest BCUT2D eigenvalue weighted by atomic mass is 127. The van der Waals surface area contributed by atoms with Gasteiger partial charge in [-0.1, -0.05) is 30.3 Å². The average Bonchev–Trinajstić information content (AvgIpc) is 2.52. The quantitative estimate of drug-likeness (QED) is 0.700. The van der Waals surface area contributed by atoms with E-state index in [9.17, 15) is 4.79 Å². The van der Waals surface area contributed by atoms with E-state index in [2.05, 4.69) is 22.6 Å². The number of hydrogen-bond donors (Lipinski definition) is 0. The summed E-state index contributed by atoms with van der Waals surface area (Å²) in [5.74, 6) is 0.0345. The minimum atomic E-state index is 0.0345. The molecule has 0 aliphatic carbocycles. The van der Waals surface area contributed by atoms with Crippen LogP contribution in [0, 0.1) is 3.57 Å². The predicted octanol–water partition coefficient (Wildman–Crippen LogP) is 3.58. The minimum absolute atomic E-state index is 0.0345. The summed E-state index contributed by atoms with van der Waals surface area (Å²) in [6, 6.07) is 17.6. The molecule has 4 heteroatoms. The van der Waals surface area contributed by atoms with Crippen molar-refractivity contribution in [1.29, 1.82) is 0 Å². The Morgan fingerprint density at radius 1 is 1.10 bits per heavy atom. The van der Waals surface area contributed by atoms with Crippen LogP contribution in [0.3, 0.4) is 0 Å². The summed E-state index contributed by atoms with van der Waals surface area (Å²) in [5, 5.41) is 0. The number of amides is 1. The number of carbonyl (C=O) groups excluding carboxylic acids is 1. The van der Waals surface area contributed by atoms with Gasteiger partial charge in [-0.15, -0.1) is 0 Å². The molecule has 0 bridgehead atoms. The van der Waals surface area contributed by atoms with Gasteiger partial charge in [0.2, 0.25) is 0 Å². The van der Waals surface area contributed by atoms with Gasteiger partial charge in [0.1, 0.15) is 0 Å². The normalized spacial score (nSPS) is 10.4. The average molecular weight is 395 g/mol. The van der Waals surface area contributed by atoms with Crippen LogP contribution in [0.2, 0.25) is 0 Å². The molecule has 0 aliphatic rings. The van der Waals surface area contributed by atoms with E-state index in [1.54, 1.807) is 7.11 Å². The summed E-state index contributed by atoms with van der Waals surface area (Å²) in [7, 11) is 1.65. The molecule has 2 aromatic rings. The van der Waals surface area contributed by atoms with Gasteiger partial charge in [-0.3, -0.25) is 4.79 Å². The lowest BCUT2D eigenvalue weighted by atomic mass is 10.1. The second kappa shape index (κ2) is 8.14. The lowest BCUT2D eigenvalue weighted by Crippen LogP contribution is -2.33. The number of halogens is 1. The fourth-order valence-corrected chi connectivity index (χ4v) is 2.39. The van der Waals surface area contributed by atoms with Crippen LogP contribution >= 0.6 is 22.6 Å². The number of nitrogens with zero attached hydrogens (tertiary/aromatic N) is 1. The van der Waals surface area contributed by atoms with E-state index in [4.69, 9.17) is 4.74 Å². The third-order valence-electron chi connectivity index (χ3n) is 3.16. The Morgan fingerprint density at radius 2 is 1.76 bits per heavy atom. The van der Waals surface area contributed by atoms with E-state index < -0.39 is 0 Å². The summed E-state index contributed by atoms with van der Waals surface area (Å²) < 4.78 is 6.24. The van der Waals surface area contributed by atoms with Crippen molar-refractivity contribution in [2.75, 3.05) is 20.3 Å². The van der Waals surface area contributed by atoms with Crippen molar-refractivity contribution in [2.45, 2.75) is 6.54 Å². The minimum Gasteiger partial charge on any atom is -0.383 e. The summed E-state index contributed by atoms with van der Waals surface area (Å²) in [6.07, 6.45) is 0. The predicted molar refractivity (Wildman–Crippen MR) is 92.2 cm³/mol. The smallest absolute Gasteiger partial charge is 0.254 e. The number of rotatable bonds is 6. The zero-order chi connectivity index (χ0) is 15.1. The Bertz CT molecular complexity index is 569. The first-order valence-corrected chi connectivity index (χ1v) is 7.86. The molecule has 3 nitrogen and oxygen atoms in total. The van der Waals surface area contributed by atoms with Crippen LogP contribution in [0.15, 0.2) is 54.6 Å². The molecule has 0 heterocycles. The van der Waals surface area contributed by atoms with E-state index in [-0.39, 0.29) is 5.91 Å². The van der Waals surface area contributed by atoms with Crippen LogP contribution in [0.4, 0.5) is 0 Å². The van der Waals surface area contributed by atoms with Crippen molar-refractivity contribution >= 4 is 28.5 Å². The van der Waals surface area contributed by atoms with Crippen molar-refractivity contribution in [3.05, 3.63) is 69.3 Å². The topological polar surface area (TPSA) is 29.5 Å². The van der Waals surface area contributed by atoms with E-state index in [0.29, 0.717) is 25.3 Å². The SMILES string of the molecule is COCCN(Cc1ccccc1)C(=O)c1ccc(I)cc1. The van der Waals surface area contributed by atoms with Crippen LogP contribution in [0.1, 0.15) is 15.9 Å². The molecular formula is C17H18INO2. The van der Waals surface area contributed by atoms with Gasteiger partial charge in [0.15, 0.2) is 0 Å². The molecule has 0 spiro atoms. The Hall–Kier alpha value is -1.40. The number of ether oxygens (including phenoxy) is 1. The largest absolute Gasteiger partial charge is 0.383 e. The summed E-state index contributed by atoms with van der Waals surface area (Å²) in [6.45, 7) is 1.70. The van der Waals surface area contributed by atoms with Crippen molar-refractivity contribution in [1.82, 2.24) is 4.90 Å². The molecule has 110 valence electrons. The van der Waals surface area contributed by atoms with E-state index in [1.165, 1.54) is 0 Å². The molecule has 0 aliphatic heterocycles. The standard InChI is InChI=1S/C17H18INO2/c1-21-12-11-19(13-14-5-3-2-4-6-14)17(20)15-7-9-16(18)10-8-15/h2-10H,11-13H2,1H3. The highest BCUT2D eigenvalue weighted by Crippen LogP contribution is 2.12. The van der Waals surface area contributed by atoms with Crippen LogP contribution in [0.5, 0.6) is 0 Å². The van der Waals surface area contributed by atoms with Crippen LogP contribution in [-0.2, 0) is 11.3 Å². The van der Waals surface area contributed by atoms with Crippen molar-refractivity contribution < 1.29 is 9.53 Å². The monoisotopic (exact) mass is 395 g/mol. The Kier molecular flexibility index (Phi) is 6.20. The molecule has 0 saturated carbocycles. The van der Waals surface area contributed by atoms with Crippen LogP contribution in [0.25, 0.3) is 0 Å². The third kappa shape index (κ3) is 4.82. The fraction of sp³-hybridized carbons (Fsp3) is 0.235. The number of carbonyl (C=O) groups is 1. The second-order valence-electron chi connectivity index (χ2n) is 4.71. The maximum atomic E-state index is 12.6. The number of hydrogen-bond acceptors (Lipinski definition) is 2. The Labute approximate surface area is 139 Å². The summed E-state index contributed by atoms with van der Waals surface area (Å²) >= 11 is 2.23. The summed E-state index contributed by atoms with van der Waals surface area (Å²) in [4.78, 5) is 14.5. The van der Waals surface area contributed by atoms with Gasteiger partial charge in [-0.25, -0.2) is 0 Å². The molecule has 0 unspecified atom stereocenters. The first-order chi connectivity index (χ1) is 10.2. The highest BCUT2D eigenvalue weighted by molar-refractivity contribution is 14.1. The van der Waals surface area contributed by atoms with E-state index in [0.717, 1.165) is 9.13 Å². The van der Waals surface area contributed by atoms with Crippen molar-refractivity contribution in [3.8, 4) is 0 Å². The molecule has 0 N–H and O–H groups in total. The second-order valence-corrected chi connectivity index (χ2v) is 5.96. The summed E-state index contributed by atoms with van der Waals surface area (Å²) in [5.41, 5.74) is 1.83. The molecule has 0 radical (unpaired) electrons. The molecule has 2 rings (SSSR count). The van der Waals surface area contributed by atoms with Crippen molar-refractivity contribution in [3.63, 3.8) is 0 Å².